The van der Waals surface area contributed by atoms with Gasteiger partial charge in [-0.15, -0.1) is 0 Å². The molecule has 1 amide bonds. The lowest BCUT2D eigenvalue weighted by molar-refractivity contribution is 0.0519. The third-order valence-electron chi connectivity index (χ3n) is 4.28. The molecule has 0 fully saturated rings. The number of H-pyrrole nitrogens is 1. The Morgan fingerprint density at radius 2 is 2.11 bits per heavy atom. The zero-order chi connectivity index (χ0) is 19.4. The van der Waals surface area contributed by atoms with Crippen LogP contribution in [0, 0.1) is 6.92 Å². The highest BCUT2D eigenvalue weighted by Crippen LogP contribution is 2.37. The molecule has 0 bridgehead atoms. The summed E-state index contributed by atoms with van der Waals surface area (Å²) in [4.78, 5) is 31.1. The number of carbonyl (C=O) groups is 2. The highest BCUT2D eigenvalue weighted by molar-refractivity contribution is 6.51. The minimum Gasteiger partial charge on any atom is -0.461 e. The summed E-state index contributed by atoms with van der Waals surface area (Å²) in [5.74, 6) is -0.724. The summed E-state index contributed by atoms with van der Waals surface area (Å²) < 4.78 is 5.07. The minimum atomic E-state index is -0.395. The van der Waals surface area contributed by atoms with Gasteiger partial charge in [-0.3, -0.25) is 9.78 Å². The van der Waals surface area contributed by atoms with Gasteiger partial charge in [-0.25, -0.2) is 10.2 Å². The van der Waals surface area contributed by atoms with E-state index in [-0.39, 0.29) is 5.91 Å². The van der Waals surface area contributed by atoms with Crippen LogP contribution in [-0.2, 0) is 11.2 Å². The number of carbonyl (C=O) groups excluding carboxylic acids is 2. The van der Waals surface area contributed by atoms with E-state index in [0.717, 1.165) is 22.4 Å². The van der Waals surface area contributed by atoms with E-state index in [0.29, 0.717) is 35.7 Å². The molecule has 3 rings (SSSR count). The number of hydrogen-bond acceptors (Lipinski definition) is 5. The van der Waals surface area contributed by atoms with E-state index >= 15 is 0 Å². The van der Waals surface area contributed by atoms with Crippen LogP contribution in [0.5, 0.6) is 0 Å². The Morgan fingerprint density at radius 3 is 2.81 bits per heavy atom. The number of hydrogen-bond donors (Lipinski definition) is 2. The average Bonchev–Trinajstić information content (AvgIpc) is 3.02. The van der Waals surface area contributed by atoms with Gasteiger partial charge in [0.2, 0.25) is 0 Å². The van der Waals surface area contributed by atoms with Gasteiger partial charge in [0, 0.05) is 29.2 Å². The van der Waals surface area contributed by atoms with Crippen molar-refractivity contribution in [1.82, 2.24) is 15.4 Å². The van der Waals surface area contributed by atoms with E-state index in [1.807, 2.05) is 6.92 Å². The molecule has 1 aliphatic carbocycles. The third-order valence-corrected chi connectivity index (χ3v) is 4.71. The van der Waals surface area contributed by atoms with Crippen LogP contribution in [0.3, 0.4) is 0 Å². The van der Waals surface area contributed by atoms with Gasteiger partial charge in [0.25, 0.3) is 5.91 Å². The summed E-state index contributed by atoms with van der Waals surface area (Å²) in [7, 11) is 0. The van der Waals surface area contributed by atoms with Crippen LogP contribution in [0.2, 0.25) is 0 Å². The van der Waals surface area contributed by atoms with Gasteiger partial charge in [0.05, 0.1) is 17.9 Å². The molecule has 0 aromatic carbocycles. The fourth-order valence-electron chi connectivity index (χ4n) is 2.94. The van der Waals surface area contributed by atoms with Crippen molar-refractivity contribution in [3.8, 4) is 0 Å². The molecule has 2 aromatic rings. The molecule has 0 aliphatic heterocycles. The molecule has 0 spiro atoms. The molecule has 0 saturated heterocycles. The van der Waals surface area contributed by atoms with Crippen molar-refractivity contribution in [3.63, 3.8) is 0 Å². The summed E-state index contributed by atoms with van der Waals surface area (Å²) in [5.41, 5.74) is 6.60. The number of nitrogens with one attached hydrogen (secondary N) is 2. The molecule has 2 N–H and O–H groups in total. The van der Waals surface area contributed by atoms with E-state index in [1.165, 1.54) is 12.4 Å². The number of aromatic nitrogens is 2. The van der Waals surface area contributed by atoms with Gasteiger partial charge in [0.1, 0.15) is 5.69 Å². The monoisotopic (exact) mass is 386 g/mol. The van der Waals surface area contributed by atoms with E-state index < -0.39 is 5.97 Å². The number of amides is 1. The second-order valence-corrected chi connectivity index (χ2v) is 6.35. The Morgan fingerprint density at radius 1 is 1.37 bits per heavy atom. The van der Waals surface area contributed by atoms with Gasteiger partial charge in [-0.05, 0) is 50.0 Å². The maximum absolute atomic E-state index is 12.1. The number of ether oxygens (including phenoxy) is 1. The molecular weight excluding hydrogens is 368 g/mol. The second kappa shape index (κ2) is 8.18. The lowest BCUT2D eigenvalue weighted by Crippen LogP contribution is -2.18. The SMILES string of the molecule is CCOC(=O)c1[nH]c2c(c1C)C(Cl)=C(/C=N/NC(=O)c1ccncc1)CC2. The predicted molar refractivity (Wildman–Crippen MR) is 103 cm³/mol. The van der Waals surface area contributed by atoms with Crippen LogP contribution in [-0.4, -0.2) is 34.7 Å². The first kappa shape index (κ1) is 18.8. The zero-order valence-corrected chi connectivity index (χ0v) is 15.8. The van der Waals surface area contributed by atoms with Crippen LogP contribution in [0.4, 0.5) is 0 Å². The summed E-state index contributed by atoms with van der Waals surface area (Å²) in [6.07, 6.45) is 5.95. The van der Waals surface area contributed by atoms with Crippen LogP contribution < -0.4 is 5.43 Å². The molecule has 140 valence electrons. The number of aryl methyl sites for hydroxylation is 1. The fourth-order valence-corrected chi connectivity index (χ4v) is 3.34. The summed E-state index contributed by atoms with van der Waals surface area (Å²) in [5, 5.41) is 4.52. The Hall–Kier alpha value is -2.93. The van der Waals surface area contributed by atoms with Crippen LogP contribution in [0.1, 0.15) is 51.0 Å². The molecule has 0 unspecified atom stereocenters. The Balaban J connectivity index is 1.79. The van der Waals surface area contributed by atoms with Crippen molar-refractivity contribution in [1.29, 1.82) is 0 Å². The number of halogens is 1. The summed E-state index contributed by atoms with van der Waals surface area (Å²) in [6.45, 7) is 3.90. The first-order chi connectivity index (χ1) is 13.0. The summed E-state index contributed by atoms with van der Waals surface area (Å²) in [6, 6.07) is 3.20. The molecule has 1 aliphatic rings. The second-order valence-electron chi connectivity index (χ2n) is 5.97. The van der Waals surface area contributed by atoms with Gasteiger partial charge < -0.3 is 9.72 Å². The number of pyridine rings is 1. The number of rotatable bonds is 5. The van der Waals surface area contributed by atoms with Crippen molar-refractivity contribution in [3.05, 3.63) is 58.2 Å². The molecule has 2 heterocycles. The third kappa shape index (κ3) is 3.93. The van der Waals surface area contributed by atoms with Crippen LogP contribution >= 0.6 is 11.6 Å². The van der Waals surface area contributed by atoms with Gasteiger partial charge in [-0.2, -0.15) is 5.10 Å². The van der Waals surface area contributed by atoms with E-state index in [9.17, 15) is 9.59 Å². The number of esters is 1. The normalized spacial score (nSPS) is 13.6. The minimum absolute atomic E-state index is 0.306. The number of hydrazone groups is 1. The molecule has 2 aromatic heterocycles. The molecular formula is C19H19ClN4O3. The standard InChI is InChI=1S/C19H19ClN4O3/c1-3-27-19(26)17-11(2)15-14(23-17)5-4-13(16(15)20)10-22-24-18(25)12-6-8-21-9-7-12/h6-10,23H,3-5H2,1-2H3,(H,24,25)/b22-10+. The smallest absolute Gasteiger partial charge is 0.355 e. The van der Waals surface area contributed by atoms with E-state index in [2.05, 4.69) is 20.5 Å². The number of fused-ring (bicyclic) bond motifs is 1. The van der Waals surface area contributed by atoms with Crippen molar-refractivity contribution in [2.75, 3.05) is 6.61 Å². The first-order valence-corrected chi connectivity index (χ1v) is 8.91. The van der Waals surface area contributed by atoms with Gasteiger partial charge in [0.15, 0.2) is 0 Å². The van der Waals surface area contributed by atoms with Crippen molar-refractivity contribution >= 4 is 34.7 Å². The molecule has 0 atom stereocenters. The Labute approximate surface area is 161 Å². The highest BCUT2D eigenvalue weighted by atomic mass is 35.5. The average molecular weight is 387 g/mol. The van der Waals surface area contributed by atoms with Crippen molar-refractivity contribution in [2.45, 2.75) is 26.7 Å². The quantitative estimate of drug-likeness (QED) is 0.468. The predicted octanol–water partition coefficient (Wildman–Crippen LogP) is 3.21. The molecule has 7 nitrogen and oxygen atoms in total. The maximum atomic E-state index is 12.1. The largest absolute Gasteiger partial charge is 0.461 e. The summed E-state index contributed by atoms with van der Waals surface area (Å²) >= 11 is 6.54. The highest BCUT2D eigenvalue weighted by Gasteiger charge is 2.26. The van der Waals surface area contributed by atoms with Crippen molar-refractivity contribution < 1.29 is 14.3 Å². The Bertz CT molecular complexity index is 932. The lowest BCUT2D eigenvalue weighted by atomic mass is 9.95. The van der Waals surface area contributed by atoms with Crippen molar-refractivity contribution in [2.24, 2.45) is 5.10 Å². The lowest BCUT2D eigenvalue weighted by Gasteiger charge is -2.14. The first-order valence-electron chi connectivity index (χ1n) is 8.54. The maximum Gasteiger partial charge on any atom is 0.355 e. The van der Waals surface area contributed by atoms with Crippen LogP contribution in [0.25, 0.3) is 5.03 Å². The topological polar surface area (TPSA) is 96.4 Å². The van der Waals surface area contributed by atoms with Crippen LogP contribution in [0.15, 0.2) is 35.2 Å². The van der Waals surface area contributed by atoms with Gasteiger partial charge in [-0.1, -0.05) is 11.6 Å². The number of allylic oxidation sites excluding steroid dienone is 1. The Kier molecular flexibility index (Phi) is 5.71. The zero-order valence-electron chi connectivity index (χ0n) is 15.0. The fraction of sp³-hybridized carbons (Fsp3) is 0.263. The number of aromatic amines is 1. The van der Waals surface area contributed by atoms with Gasteiger partial charge >= 0.3 is 5.97 Å². The number of nitrogens with zero attached hydrogens (tertiary/aromatic N) is 2. The van der Waals surface area contributed by atoms with E-state index in [1.54, 1.807) is 25.3 Å². The van der Waals surface area contributed by atoms with E-state index in [4.69, 9.17) is 16.3 Å². The molecule has 0 radical (unpaired) electrons. The molecule has 27 heavy (non-hydrogen) atoms. The molecule has 0 saturated carbocycles. The molecule has 8 heteroatoms.